The molecule has 0 aliphatic carbocycles. The molecular formula is C17H20ClF3N4S. The number of benzene rings is 1. The Morgan fingerprint density at radius 2 is 1.92 bits per heavy atom. The van der Waals surface area contributed by atoms with E-state index in [-0.39, 0.29) is 12.0 Å². The lowest BCUT2D eigenvalue weighted by atomic mass is 9.84. The molecule has 0 bridgehead atoms. The minimum atomic E-state index is -4.42. The third kappa shape index (κ3) is 5.35. The zero-order valence-corrected chi connectivity index (χ0v) is 16.2. The van der Waals surface area contributed by atoms with Gasteiger partial charge in [0.15, 0.2) is 11.7 Å². The average molecular weight is 405 g/mol. The van der Waals surface area contributed by atoms with Crippen molar-refractivity contribution in [3.8, 4) is 0 Å². The van der Waals surface area contributed by atoms with Gasteiger partial charge < -0.3 is 10.6 Å². The Labute approximate surface area is 159 Å². The van der Waals surface area contributed by atoms with Gasteiger partial charge in [-0.3, -0.25) is 4.99 Å². The van der Waals surface area contributed by atoms with Crippen molar-refractivity contribution in [2.45, 2.75) is 32.0 Å². The summed E-state index contributed by atoms with van der Waals surface area (Å²) in [5.74, 6) is 0.480. The summed E-state index contributed by atoms with van der Waals surface area (Å²) in [5, 5.41) is 8.18. The predicted octanol–water partition coefficient (Wildman–Crippen LogP) is 4.46. The van der Waals surface area contributed by atoms with Crippen LogP contribution < -0.4 is 10.6 Å². The van der Waals surface area contributed by atoms with Gasteiger partial charge in [0.25, 0.3) is 0 Å². The lowest BCUT2D eigenvalue weighted by molar-refractivity contribution is -0.140. The quantitative estimate of drug-likeness (QED) is 0.571. The minimum absolute atomic E-state index is 0.160. The van der Waals surface area contributed by atoms with E-state index in [0.717, 1.165) is 22.3 Å². The molecule has 0 amide bonds. The van der Waals surface area contributed by atoms with Crippen LogP contribution in [0.5, 0.6) is 0 Å². The van der Waals surface area contributed by atoms with E-state index in [2.05, 4.69) is 20.6 Å². The van der Waals surface area contributed by atoms with Crippen LogP contribution in [0.3, 0.4) is 0 Å². The first kappa shape index (κ1) is 20.5. The van der Waals surface area contributed by atoms with Gasteiger partial charge in [0, 0.05) is 29.4 Å². The van der Waals surface area contributed by atoms with Crippen LogP contribution in [0.4, 0.5) is 13.2 Å². The average Bonchev–Trinajstić information content (AvgIpc) is 3.04. The van der Waals surface area contributed by atoms with Gasteiger partial charge in [-0.15, -0.1) is 11.3 Å². The molecule has 1 aromatic carbocycles. The second kappa shape index (κ2) is 8.26. The molecular weight excluding hydrogens is 385 g/mol. The van der Waals surface area contributed by atoms with Crippen molar-refractivity contribution in [1.29, 1.82) is 0 Å². The van der Waals surface area contributed by atoms with Crippen molar-refractivity contribution in [3.05, 3.63) is 50.9 Å². The first-order chi connectivity index (χ1) is 12.1. The largest absolute Gasteiger partial charge is 0.434 e. The van der Waals surface area contributed by atoms with E-state index in [4.69, 9.17) is 11.6 Å². The molecule has 1 aromatic heterocycles. The van der Waals surface area contributed by atoms with Gasteiger partial charge in [-0.2, -0.15) is 13.2 Å². The number of guanidine groups is 1. The number of aromatic nitrogens is 1. The summed E-state index contributed by atoms with van der Waals surface area (Å²) in [4.78, 5) is 7.68. The van der Waals surface area contributed by atoms with Crippen LogP contribution >= 0.6 is 22.9 Å². The summed E-state index contributed by atoms with van der Waals surface area (Å²) >= 11 is 7.22. The lowest BCUT2D eigenvalue weighted by Gasteiger charge is -2.27. The Balaban J connectivity index is 1.94. The third-order valence-corrected chi connectivity index (χ3v) is 4.95. The lowest BCUT2D eigenvalue weighted by Crippen LogP contribution is -2.43. The molecule has 0 fully saturated rings. The molecule has 2 aromatic rings. The standard InChI is InChI=1S/C17H20ClF3N4S/c1-16(2,11-6-4-5-7-12(11)18)10-24-15(22-3)23-8-14-25-13(9-26-14)17(19,20)21/h4-7,9H,8,10H2,1-3H3,(H2,22,23,24). The van der Waals surface area contributed by atoms with Crippen LogP contribution in [0.25, 0.3) is 0 Å². The molecule has 4 nitrogen and oxygen atoms in total. The highest BCUT2D eigenvalue weighted by Crippen LogP contribution is 2.30. The molecule has 1 heterocycles. The summed E-state index contributed by atoms with van der Waals surface area (Å²) in [6.45, 7) is 4.80. The number of thiazole rings is 1. The number of halogens is 4. The number of hydrogen-bond donors (Lipinski definition) is 2. The Bertz CT molecular complexity index is 771. The molecule has 0 radical (unpaired) electrons. The summed E-state index contributed by atoms with van der Waals surface area (Å²) in [6, 6.07) is 7.61. The Morgan fingerprint density at radius 3 is 2.50 bits per heavy atom. The summed E-state index contributed by atoms with van der Waals surface area (Å²) in [5.41, 5.74) is -0.137. The Kier molecular flexibility index (Phi) is 6.52. The summed E-state index contributed by atoms with van der Waals surface area (Å²) < 4.78 is 37.8. The zero-order chi connectivity index (χ0) is 19.4. The maximum Gasteiger partial charge on any atom is 0.434 e. The van der Waals surface area contributed by atoms with Gasteiger partial charge in [-0.05, 0) is 11.6 Å². The van der Waals surface area contributed by atoms with Crippen LogP contribution in [0.2, 0.25) is 5.02 Å². The van der Waals surface area contributed by atoms with E-state index >= 15 is 0 Å². The van der Waals surface area contributed by atoms with E-state index in [0.29, 0.717) is 22.5 Å². The second-order valence-electron chi connectivity index (χ2n) is 6.27. The van der Waals surface area contributed by atoms with E-state index < -0.39 is 11.9 Å². The van der Waals surface area contributed by atoms with Crippen LogP contribution in [-0.2, 0) is 18.1 Å². The number of aliphatic imine (C=N–C) groups is 1. The van der Waals surface area contributed by atoms with Crippen LogP contribution in [0, 0.1) is 0 Å². The number of hydrogen-bond acceptors (Lipinski definition) is 3. The summed E-state index contributed by atoms with van der Waals surface area (Å²) in [6.07, 6.45) is -4.42. The number of nitrogens with zero attached hydrogens (tertiary/aromatic N) is 2. The van der Waals surface area contributed by atoms with Gasteiger partial charge in [0.2, 0.25) is 0 Å². The van der Waals surface area contributed by atoms with Crippen molar-refractivity contribution in [2.75, 3.05) is 13.6 Å². The minimum Gasteiger partial charge on any atom is -0.356 e. The normalized spacial score (nSPS) is 13.0. The van der Waals surface area contributed by atoms with Gasteiger partial charge in [-0.25, -0.2) is 4.98 Å². The number of alkyl halides is 3. The molecule has 0 aliphatic rings. The first-order valence-corrected chi connectivity index (χ1v) is 9.10. The highest BCUT2D eigenvalue weighted by atomic mass is 35.5. The van der Waals surface area contributed by atoms with Crippen LogP contribution in [0.1, 0.15) is 30.1 Å². The maximum absolute atomic E-state index is 12.6. The molecule has 2 N–H and O–H groups in total. The molecule has 9 heteroatoms. The fourth-order valence-electron chi connectivity index (χ4n) is 2.31. The van der Waals surface area contributed by atoms with Crippen molar-refractivity contribution in [3.63, 3.8) is 0 Å². The molecule has 0 unspecified atom stereocenters. The van der Waals surface area contributed by atoms with Crippen molar-refractivity contribution < 1.29 is 13.2 Å². The monoisotopic (exact) mass is 404 g/mol. The smallest absolute Gasteiger partial charge is 0.356 e. The summed E-state index contributed by atoms with van der Waals surface area (Å²) in [7, 11) is 1.60. The Morgan fingerprint density at radius 1 is 1.23 bits per heavy atom. The van der Waals surface area contributed by atoms with E-state index in [1.54, 1.807) is 7.05 Å². The maximum atomic E-state index is 12.6. The molecule has 0 saturated carbocycles. The molecule has 0 spiro atoms. The topological polar surface area (TPSA) is 49.3 Å². The van der Waals surface area contributed by atoms with Gasteiger partial charge >= 0.3 is 6.18 Å². The molecule has 0 saturated heterocycles. The van der Waals surface area contributed by atoms with Crippen molar-refractivity contribution >= 4 is 28.9 Å². The molecule has 0 atom stereocenters. The molecule has 26 heavy (non-hydrogen) atoms. The van der Waals surface area contributed by atoms with Crippen molar-refractivity contribution in [2.24, 2.45) is 4.99 Å². The first-order valence-electron chi connectivity index (χ1n) is 7.84. The van der Waals surface area contributed by atoms with Gasteiger partial charge in [-0.1, -0.05) is 43.6 Å². The van der Waals surface area contributed by atoms with E-state index in [9.17, 15) is 13.2 Å². The van der Waals surface area contributed by atoms with E-state index in [1.807, 2.05) is 38.1 Å². The molecule has 142 valence electrons. The molecule has 0 aliphatic heterocycles. The third-order valence-electron chi connectivity index (χ3n) is 3.77. The van der Waals surface area contributed by atoms with Crippen LogP contribution in [-0.4, -0.2) is 24.5 Å². The highest BCUT2D eigenvalue weighted by molar-refractivity contribution is 7.09. The Hall–Kier alpha value is -1.80. The molecule has 2 rings (SSSR count). The van der Waals surface area contributed by atoms with Gasteiger partial charge in [0.05, 0.1) is 6.54 Å². The fourth-order valence-corrected chi connectivity index (χ4v) is 3.44. The zero-order valence-electron chi connectivity index (χ0n) is 14.6. The highest BCUT2D eigenvalue weighted by Gasteiger charge is 2.33. The predicted molar refractivity (Wildman–Crippen MR) is 99.8 cm³/mol. The second-order valence-corrected chi connectivity index (χ2v) is 7.62. The van der Waals surface area contributed by atoms with Crippen LogP contribution in [0.15, 0.2) is 34.6 Å². The number of rotatable bonds is 5. The van der Waals surface area contributed by atoms with Crippen molar-refractivity contribution in [1.82, 2.24) is 15.6 Å². The van der Waals surface area contributed by atoms with E-state index in [1.165, 1.54) is 0 Å². The SMILES string of the molecule is CN=C(NCc1nc(C(F)(F)F)cs1)NCC(C)(C)c1ccccc1Cl. The fraction of sp³-hybridized carbons (Fsp3) is 0.412. The number of nitrogens with one attached hydrogen (secondary N) is 2. The van der Waals surface area contributed by atoms with Gasteiger partial charge in [0.1, 0.15) is 5.01 Å².